The molecule has 1 amide bonds. The maximum atomic E-state index is 13.2. The maximum absolute atomic E-state index is 13.2. The highest BCUT2D eigenvalue weighted by Crippen LogP contribution is 2.22. The number of hydrogen-bond acceptors (Lipinski definition) is 3. The Morgan fingerprint density at radius 3 is 2.92 bits per heavy atom. The van der Waals surface area contributed by atoms with Crippen molar-refractivity contribution in [2.24, 2.45) is 7.05 Å². The highest BCUT2D eigenvalue weighted by molar-refractivity contribution is 6.04. The van der Waals surface area contributed by atoms with E-state index in [1.54, 1.807) is 4.68 Å². The van der Waals surface area contributed by atoms with Gasteiger partial charge in [0.05, 0.1) is 24.7 Å². The molecule has 0 spiro atoms. The zero-order chi connectivity index (χ0) is 17.4. The lowest BCUT2D eigenvalue weighted by Crippen LogP contribution is -2.37. The van der Waals surface area contributed by atoms with E-state index in [1.165, 1.54) is 0 Å². The van der Waals surface area contributed by atoms with Gasteiger partial charge in [0, 0.05) is 37.5 Å². The van der Waals surface area contributed by atoms with E-state index in [0.717, 1.165) is 23.1 Å². The number of rotatable bonds is 3. The molecule has 3 aromatic rings. The molecule has 0 radical (unpaired) electrons. The Kier molecular flexibility index (Phi) is 4.05. The quantitative estimate of drug-likeness (QED) is 0.737. The van der Waals surface area contributed by atoms with Gasteiger partial charge in [0.1, 0.15) is 0 Å². The predicted octanol–water partition coefficient (Wildman–Crippen LogP) is 2.44. The number of benzene rings is 1. The van der Waals surface area contributed by atoms with Gasteiger partial charge in [0.2, 0.25) is 0 Å². The molecule has 3 heterocycles. The summed E-state index contributed by atoms with van der Waals surface area (Å²) < 4.78 is 9.80. The van der Waals surface area contributed by atoms with E-state index in [1.807, 2.05) is 55.4 Å². The van der Waals surface area contributed by atoms with Gasteiger partial charge in [0.15, 0.2) is 5.69 Å². The molecule has 1 aliphatic rings. The van der Waals surface area contributed by atoms with E-state index in [2.05, 4.69) is 15.7 Å². The van der Waals surface area contributed by atoms with Gasteiger partial charge in [0.25, 0.3) is 5.91 Å². The number of nitrogens with zero attached hydrogens (tertiary/aromatic N) is 4. The lowest BCUT2D eigenvalue weighted by Gasteiger charge is -2.23. The van der Waals surface area contributed by atoms with Crippen molar-refractivity contribution >= 4 is 16.8 Å². The van der Waals surface area contributed by atoms with Crippen LogP contribution in [0.15, 0.2) is 42.6 Å². The summed E-state index contributed by atoms with van der Waals surface area (Å²) in [6.45, 7) is 4.53. The molecule has 1 aromatic carbocycles. The van der Waals surface area contributed by atoms with Gasteiger partial charge >= 0.3 is 0 Å². The number of aryl methyl sites for hydroxylation is 1. The third-order valence-electron chi connectivity index (χ3n) is 4.75. The molecule has 0 saturated heterocycles. The number of fused-ring (bicyclic) bond motifs is 2. The molecule has 1 unspecified atom stereocenters. The minimum atomic E-state index is -0.0452. The van der Waals surface area contributed by atoms with Crippen LogP contribution in [-0.4, -0.2) is 44.4 Å². The number of carbonyl (C=O) groups is 1. The minimum Gasteiger partial charge on any atom is -0.375 e. The van der Waals surface area contributed by atoms with Crippen molar-refractivity contribution in [3.05, 3.63) is 54.0 Å². The summed E-state index contributed by atoms with van der Waals surface area (Å²) in [6, 6.07) is 11.9. The van der Waals surface area contributed by atoms with Crippen molar-refractivity contribution in [1.82, 2.24) is 19.2 Å². The average Bonchev–Trinajstić information content (AvgIpc) is 3.14. The third kappa shape index (κ3) is 2.82. The fourth-order valence-electron chi connectivity index (χ4n) is 3.57. The van der Waals surface area contributed by atoms with Crippen molar-refractivity contribution < 1.29 is 9.53 Å². The molecule has 130 valence electrons. The number of para-hydroxylation sites is 1. The molecule has 6 nitrogen and oxygen atoms in total. The zero-order valence-electron chi connectivity index (χ0n) is 14.6. The normalized spacial score (nSPS) is 17.5. The molecule has 6 heteroatoms. The molecular formula is C19H22N4O2. The summed E-state index contributed by atoms with van der Waals surface area (Å²) in [5.41, 5.74) is 2.59. The fraction of sp³-hybridized carbons (Fsp3) is 0.368. The molecule has 1 aliphatic heterocycles. The topological polar surface area (TPSA) is 52.3 Å². The average molecular weight is 338 g/mol. The van der Waals surface area contributed by atoms with Gasteiger partial charge in [-0.25, -0.2) is 0 Å². The van der Waals surface area contributed by atoms with Crippen LogP contribution in [0.25, 0.3) is 10.9 Å². The first kappa shape index (κ1) is 15.9. The monoisotopic (exact) mass is 338 g/mol. The number of amides is 1. The van der Waals surface area contributed by atoms with E-state index in [-0.39, 0.29) is 12.0 Å². The summed E-state index contributed by atoms with van der Waals surface area (Å²) in [6.07, 6.45) is 2.03. The standard InChI is InChI=1S/C19H22N4O2/c1-3-25-15-12-22-10-6-7-14(22)11-23(13-15)19(24)18-16-8-4-5-9-17(16)21(2)20-18/h4-10,15H,3,11-13H2,1-2H3. The Morgan fingerprint density at radius 1 is 1.24 bits per heavy atom. The Balaban J connectivity index is 1.70. The second-order valence-electron chi connectivity index (χ2n) is 6.40. The summed E-state index contributed by atoms with van der Waals surface area (Å²) in [4.78, 5) is 15.1. The van der Waals surface area contributed by atoms with Crippen LogP contribution in [0.5, 0.6) is 0 Å². The number of ether oxygens (including phenoxy) is 1. The Morgan fingerprint density at radius 2 is 2.08 bits per heavy atom. The molecule has 0 fully saturated rings. The molecule has 4 rings (SSSR count). The third-order valence-corrected chi connectivity index (χ3v) is 4.75. The highest BCUT2D eigenvalue weighted by atomic mass is 16.5. The van der Waals surface area contributed by atoms with Crippen LogP contribution in [0, 0.1) is 0 Å². The van der Waals surface area contributed by atoms with Gasteiger partial charge in [-0.1, -0.05) is 18.2 Å². The molecule has 0 aliphatic carbocycles. The van der Waals surface area contributed by atoms with E-state index in [0.29, 0.717) is 25.4 Å². The first-order valence-corrected chi connectivity index (χ1v) is 8.64. The van der Waals surface area contributed by atoms with Crippen LogP contribution in [0.2, 0.25) is 0 Å². The number of aromatic nitrogens is 3. The number of hydrogen-bond donors (Lipinski definition) is 0. The summed E-state index contributed by atoms with van der Waals surface area (Å²) in [5.74, 6) is -0.0452. The Bertz CT molecular complexity index is 911. The smallest absolute Gasteiger partial charge is 0.275 e. The van der Waals surface area contributed by atoms with Gasteiger partial charge in [-0.2, -0.15) is 5.10 Å². The summed E-state index contributed by atoms with van der Waals surface area (Å²) in [5, 5.41) is 5.38. The second-order valence-corrected chi connectivity index (χ2v) is 6.40. The molecule has 0 saturated carbocycles. The van der Waals surface area contributed by atoms with Crippen LogP contribution < -0.4 is 0 Å². The van der Waals surface area contributed by atoms with Crippen molar-refractivity contribution in [1.29, 1.82) is 0 Å². The van der Waals surface area contributed by atoms with Crippen LogP contribution in [0.1, 0.15) is 23.1 Å². The van der Waals surface area contributed by atoms with Crippen LogP contribution in [-0.2, 0) is 24.9 Å². The van der Waals surface area contributed by atoms with Gasteiger partial charge < -0.3 is 14.2 Å². The van der Waals surface area contributed by atoms with Crippen molar-refractivity contribution in [2.45, 2.75) is 26.1 Å². The molecule has 25 heavy (non-hydrogen) atoms. The molecule has 2 aromatic heterocycles. The molecule has 0 bridgehead atoms. The predicted molar refractivity (Wildman–Crippen MR) is 95.3 cm³/mol. The van der Waals surface area contributed by atoms with Crippen molar-refractivity contribution in [2.75, 3.05) is 13.2 Å². The molecular weight excluding hydrogens is 316 g/mol. The van der Waals surface area contributed by atoms with Gasteiger partial charge in [-0.15, -0.1) is 0 Å². The van der Waals surface area contributed by atoms with Crippen molar-refractivity contribution in [3.63, 3.8) is 0 Å². The Labute approximate surface area is 146 Å². The van der Waals surface area contributed by atoms with E-state index in [4.69, 9.17) is 4.74 Å². The van der Waals surface area contributed by atoms with Crippen molar-refractivity contribution in [3.8, 4) is 0 Å². The first-order chi connectivity index (χ1) is 12.2. The van der Waals surface area contributed by atoms with Crippen LogP contribution >= 0.6 is 0 Å². The lowest BCUT2D eigenvalue weighted by atomic mass is 10.2. The fourth-order valence-corrected chi connectivity index (χ4v) is 3.57. The van der Waals surface area contributed by atoms with E-state index >= 15 is 0 Å². The van der Waals surface area contributed by atoms with Gasteiger partial charge in [-0.3, -0.25) is 9.48 Å². The molecule has 0 N–H and O–H groups in total. The van der Waals surface area contributed by atoms with Crippen LogP contribution in [0.3, 0.4) is 0 Å². The highest BCUT2D eigenvalue weighted by Gasteiger charge is 2.28. The lowest BCUT2D eigenvalue weighted by molar-refractivity contribution is 0.0257. The SMILES string of the molecule is CCOC1CN(C(=O)c2nn(C)c3ccccc23)Cc2cccn2C1. The summed E-state index contributed by atoms with van der Waals surface area (Å²) in [7, 11) is 1.87. The minimum absolute atomic E-state index is 0.0161. The zero-order valence-corrected chi connectivity index (χ0v) is 14.6. The summed E-state index contributed by atoms with van der Waals surface area (Å²) >= 11 is 0. The second kappa shape index (κ2) is 6.37. The maximum Gasteiger partial charge on any atom is 0.275 e. The molecule has 1 atom stereocenters. The van der Waals surface area contributed by atoms with Crippen LogP contribution in [0.4, 0.5) is 0 Å². The number of carbonyl (C=O) groups excluding carboxylic acids is 1. The first-order valence-electron chi connectivity index (χ1n) is 8.64. The largest absolute Gasteiger partial charge is 0.375 e. The van der Waals surface area contributed by atoms with E-state index < -0.39 is 0 Å². The van der Waals surface area contributed by atoms with E-state index in [9.17, 15) is 4.79 Å². The Hall–Kier alpha value is -2.60. The van der Waals surface area contributed by atoms with Gasteiger partial charge in [-0.05, 0) is 25.1 Å².